The molecule has 3 rings (SSSR count). The highest BCUT2D eigenvalue weighted by Crippen LogP contribution is 2.41. The van der Waals surface area contributed by atoms with E-state index in [1.54, 1.807) is 12.3 Å². The quantitative estimate of drug-likeness (QED) is 0.0670. The molecule has 0 radical (unpaired) electrons. The maximum Gasteiger partial charge on any atom is 0.321 e. The topological polar surface area (TPSA) is 259 Å². The minimum absolute atomic E-state index is 0.0288. The number of halogens is 2. The van der Waals surface area contributed by atoms with E-state index in [-0.39, 0.29) is 37.4 Å². The van der Waals surface area contributed by atoms with E-state index in [4.69, 9.17) is 16.6 Å². The van der Waals surface area contributed by atoms with Gasteiger partial charge in [-0.15, -0.1) is 11.8 Å². The van der Waals surface area contributed by atoms with Gasteiger partial charge in [-0.3, -0.25) is 28.8 Å². The molecule has 16 nitrogen and oxygen atoms in total. The van der Waals surface area contributed by atoms with Crippen LogP contribution < -0.4 is 27.4 Å². The summed E-state index contributed by atoms with van der Waals surface area (Å²) in [4.78, 5) is 74.6. The summed E-state index contributed by atoms with van der Waals surface area (Å²) in [6, 6.07) is 11.1. The van der Waals surface area contributed by atoms with Crippen LogP contribution in [0.5, 0.6) is 0 Å². The summed E-state index contributed by atoms with van der Waals surface area (Å²) in [6.45, 7) is 4.47. The molecule has 0 bridgehead atoms. The van der Waals surface area contributed by atoms with Crippen LogP contribution in [0.2, 0.25) is 0 Å². The number of amides is 4. The molecule has 0 saturated carbocycles. The third kappa shape index (κ3) is 14.2. The third-order valence-corrected chi connectivity index (χ3v) is 10.2. The van der Waals surface area contributed by atoms with Crippen LogP contribution in [-0.2, 0) is 35.3 Å². The fourth-order valence-electron chi connectivity index (χ4n) is 6.02. The smallest absolute Gasteiger partial charge is 0.321 e. The van der Waals surface area contributed by atoms with E-state index >= 15 is 4.39 Å². The summed E-state index contributed by atoms with van der Waals surface area (Å²) in [5.74, 6) is -6.79. The molecule has 1 heterocycles. The molecule has 2 aromatic carbocycles. The zero-order chi connectivity index (χ0) is 43.2. The second kappa shape index (κ2) is 22.0. The number of nitrogens with two attached hydrogens (primary N) is 2. The Labute approximate surface area is 338 Å². The number of benzene rings is 2. The molecule has 10 N–H and O–H groups in total. The fourth-order valence-corrected chi connectivity index (χ4v) is 7.01. The number of aliphatic hydroxyl groups excluding tert-OH is 1. The Morgan fingerprint density at radius 1 is 0.879 bits per heavy atom. The third-order valence-electron chi connectivity index (χ3n) is 8.88. The molecule has 0 saturated heterocycles. The van der Waals surface area contributed by atoms with Gasteiger partial charge in [0.15, 0.2) is 0 Å². The van der Waals surface area contributed by atoms with Gasteiger partial charge in [0.05, 0.1) is 18.6 Å². The Morgan fingerprint density at radius 3 is 2.17 bits per heavy atom. The summed E-state index contributed by atoms with van der Waals surface area (Å²) in [5, 5.41) is 34.3. The summed E-state index contributed by atoms with van der Waals surface area (Å²) >= 11 is 0.690. The summed E-state index contributed by atoms with van der Waals surface area (Å²) in [6.07, 6.45) is 1.12. The van der Waals surface area contributed by atoms with Crippen molar-refractivity contribution >= 4 is 47.3 Å². The SMILES string of the molecule is CC(C)(C)[C@H](c1cc(-c2cc(F)ccc2F)cn1Cc1ccccc1)N(CC[C@H](N)C(=O)NCCNC(=O)CNC(=O)CC(SC[C@H](N)C(=O)O)C(=O)O)C(=O)CO. The highest BCUT2D eigenvalue weighted by Gasteiger charge is 2.37. The zero-order valence-corrected chi connectivity index (χ0v) is 33.3. The Balaban J connectivity index is 1.64. The van der Waals surface area contributed by atoms with Crippen LogP contribution in [0.1, 0.15) is 50.9 Å². The number of carboxylic acids is 2. The van der Waals surface area contributed by atoms with Gasteiger partial charge in [-0.05, 0) is 41.7 Å². The van der Waals surface area contributed by atoms with Crippen molar-refractivity contribution in [1.82, 2.24) is 25.4 Å². The molecule has 0 aliphatic heterocycles. The number of aliphatic carboxylic acids is 2. The Kier molecular flexibility index (Phi) is 17.8. The van der Waals surface area contributed by atoms with Crippen molar-refractivity contribution in [2.75, 3.05) is 38.5 Å². The van der Waals surface area contributed by atoms with E-state index in [0.29, 0.717) is 29.6 Å². The molecule has 0 aliphatic rings. The Bertz CT molecular complexity index is 1910. The largest absolute Gasteiger partial charge is 0.480 e. The van der Waals surface area contributed by atoms with E-state index < -0.39 is 95.6 Å². The average Bonchev–Trinajstić information content (AvgIpc) is 3.57. The van der Waals surface area contributed by atoms with Gasteiger partial charge in [-0.2, -0.15) is 0 Å². The van der Waals surface area contributed by atoms with E-state index in [0.717, 1.165) is 23.8 Å². The van der Waals surface area contributed by atoms with Crippen LogP contribution in [-0.4, -0.2) is 116 Å². The van der Waals surface area contributed by atoms with E-state index in [9.17, 15) is 43.4 Å². The molecule has 0 fully saturated rings. The molecule has 316 valence electrons. The molecule has 19 heteroatoms. The number of rotatable bonds is 22. The van der Waals surface area contributed by atoms with Crippen molar-refractivity contribution in [2.45, 2.75) is 63.5 Å². The number of thioether (sulfide) groups is 1. The maximum atomic E-state index is 15.0. The van der Waals surface area contributed by atoms with E-state index in [2.05, 4.69) is 16.0 Å². The molecule has 58 heavy (non-hydrogen) atoms. The van der Waals surface area contributed by atoms with Crippen LogP contribution >= 0.6 is 11.8 Å². The highest BCUT2D eigenvalue weighted by atomic mass is 32.2. The normalized spacial score (nSPS) is 13.4. The first-order valence-electron chi connectivity index (χ1n) is 18.3. The number of carbonyl (C=O) groups is 6. The number of nitrogens with zero attached hydrogens (tertiary/aromatic N) is 2. The van der Waals surface area contributed by atoms with Crippen molar-refractivity contribution < 1.29 is 52.9 Å². The summed E-state index contributed by atoms with van der Waals surface area (Å²) < 4.78 is 31.2. The van der Waals surface area contributed by atoms with E-state index in [1.807, 2.05) is 55.7 Å². The molecule has 1 unspecified atom stereocenters. The maximum absolute atomic E-state index is 15.0. The first kappa shape index (κ1) is 47.0. The molecule has 0 spiro atoms. The van der Waals surface area contributed by atoms with Crippen LogP contribution in [0.25, 0.3) is 11.1 Å². The van der Waals surface area contributed by atoms with Crippen molar-refractivity contribution in [1.29, 1.82) is 0 Å². The van der Waals surface area contributed by atoms with Crippen LogP contribution in [0.3, 0.4) is 0 Å². The van der Waals surface area contributed by atoms with Gasteiger partial charge in [0.1, 0.15) is 29.5 Å². The molecule has 1 aromatic heterocycles. The van der Waals surface area contributed by atoms with Gasteiger partial charge < -0.3 is 52.2 Å². The Hall–Kier alpha value is -5.37. The highest BCUT2D eigenvalue weighted by molar-refractivity contribution is 8.00. The molecule has 4 amide bonds. The molecule has 0 aliphatic carbocycles. The van der Waals surface area contributed by atoms with Crippen molar-refractivity contribution in [3.05, 3.63) is 83.7 Å². The van der Waals surface area contributed by atoms with Gasteiger partial charge in [-0.25, -0.2) is 8.78 Å². The molecule has 3 aromatic rings. The number of nitrogens with one attached hydrogen (secondary N) is 3. The second-order valence-electron chi connectivity index (χ2n) is 14.5. The number of hydrogen-bond donors (Lipinski definition) is 8. The average molecular weight is 832 g/mol. The van der Waals surface area contributed by atoms with Gasteiger partial charge in [0.25, 0.3) is 0 Å². The van der Waals surface area contributed by atoms with Crippen LogP contribution in [0.15, 0.2) is 60.8 Å². The molecular weight excluding hydrogens is 781 g/mol. The lowest BCUT2D eigenvalue weighted by molar-refractivity contribution is -0.140. The fraction of sp³-hybridized carbons (Fsp3) is 0.436. The minimum atomic E-state index is -1.35. The number of hydrogen-bond acceptors (Lipinski definition) is 10. The van der Waals surface area contributed by atoms with Gasteiger partial charge in [-0.1, -0.05) is 51.1 Å². The van der Waals surface area contributed by atoms with Gasteiger partial charge in [0, 0.05) is 61.4 Å². The number of carboxylic acid groups (broad SMARTS) is 2. The van der Waals surface area contributed by atoms with Crippen LogP contribution in [0.4, 0.5) is 8.78 Å². The van der Waals surface area contributed by atoms with Gasteiger partial charge in [0.2, 0.25) is 23.6 Å². The molecule has 4 atom stereocenters. The number of aliphatic hydroxyl groups is 1. The predicted octanol–water partition coefficient (Wildman–Crippen LogP) is 1.44. The van der Waals surface area contributed by atoms with Crippen molar-refractivity contribution in [2.24, 2.45) is 16.9 Å². The number of aromatic nitrogens is 1. The standard InChI is InChI=1S/C39H51F2N7O9S/c1-39(2,3)35(30-15-24(26-16-25(40)9-10-27(26)41)20-47(30)19-23-7-5-4-6-8-23)48(34(52)21-49)14-11-28(42)36(53)45-13-12-44-33(51)18-46-32(50)17-31(38(56)57)58-22-29(43)37(54)55/h4-10,15-16,20,28-29,31,35,49H,11-14,17-19,21-22,42-43H2,1-3H3,(H,44,51)(H,45,53)(H,46,50)(H,54,55)(H,56,57)/t28-,29-,31?,35-/m0/s1. The monoisotopic (exact) mass is 831 g/mol. The first-order chi connectivity index (χ1) is 27.3. The molecular formula is C39H51F2N7O9S. The summed E-state index contributed by atoms with van der Waals surface area (Å²) in [5.41, 5.74) is 12.8. The Morgan fingerprint density at radius 2 is 1.55 bits per heavy atom. The lowest BCUT2D eigenvalue weighted by Gasteiger charge is -2.41. The number of carbonyl (C=O) groups excluding carboxylic acids is 4. The lowest BCUT2D eigenvalue weighted by Crippen LogP contribution is -2.48. The van der Waals surface area contributed by atoms with Gasteiger partial charge >= 0.3 is 11.9 Å². The predicted molar refractivity (Wildman–Crippen MR) is 212 cm³/mol. The van der Waals surface area contributed by atoms with Crippen LogP contribution in [0, 0.1) is 17.0 Å². The minimum Gasteiger partial charge on any atom is -0.480 e. The van der Waals surface area contributed by atoms with Crippen molar-refractivity contribution in [3.8, 4) is 11.1 Å². The van der Waals surface area contributed by atoms with E-state index in [1.165, 1.54) is 4.90 Å². The first-order valence-corrected chi connectivity index (χ1v) is 19.4. The second-order valence-corrected chi connectivity index (χ2v) is 15.8. The van der Waals surface area contributed by atoms with Crippen molar-refractivity contribution in [3.63, 3.8) is 0 Å². The summed E-state index contributed by atoms with van der Waals surface area (Å²) in [7, 11) is 0. The lowest BCUT2D eigenvalue weighted by atomic mass is 9.82. The zero-order valence-electron chi connectivity index (χ0n) is 32.5.